The van der Waals surface area contributed by atoms with Crippen molar-refractivity contribution in [2.24, 2.45) is 7.05 Å². The summed E-state index contributed by atoms with van der Waals surface area (Å²) >= 11 is 0. The highest BCUT2D eigenvalue weighted by Crippen LogP contribution is 2.13. The molecule has 1 aromatic heterocycles. The lowest BCUT2D eigenvalue weighted by atomic mass is 10.00. The van der Waals surface area contributed by atoms with Gasteiger partial charge in [0.15, 0.2) is 0 Å². The zero-order valence-electron chi connectivity index (χ0n) is 12.1. The van der Waals surface area contributed by atoms with E-state index in [1.165, 1.54) is 11.6 Å². The van der Waals surface area contributed by atoms with Crippen LogP contribution in [-0.2, 0) is 19.9 Å². The molecule has 0 fully saturated rings. The zero-order valence-corrected chi connectivity index (χ0v) is 12.1. The smallest absolute Gasteiger partial charge is 0.126 e. The average molecular weight is 275 g/mol. The lowest BCUT2D eigenvalue weighted by Crippen LogP contribution is -2.31. The lowest BCUT2D eigenvalue weighted by molar-refractivity contribution is 0.480. The summed E-state index contributed by atoms with van der Waals surface area (Å²) in [6.45, 7) is 2.98. The first kappa shape index (κ1) is 14.7. The minimum absolute atomic E-state index is 0.114. The lowest BCUT2D eigenvalue weighted by Gasteiger charge is -2.18. The van der Waals surface area contributed by atoms with Gasteiger partial charge in [-0.3, -0.25) is 4.68 Å². The topological polar surface area (TPSA) is 29.9 Å². The molecule has 1 N–H and O–H groups in total. The fraction of sp³-hybridized carbons (Fsp3) is 0.438. The Balaban J connectivity index is 1.95. The molecular weight excluding hydrogens is 253 g/mol. The molecular formula is C16H22FN3. The van der Waals surface area contributed by atoms with Crippen molar-refractivity contribution < 1.29 is 4.39 Å². The van der Waals surface area contributed by atoms with E-state index >= 15 is 0 Å². The molecule has 108 valence electrons. The summed E-state index contributed by atoms with van der Waals surface area (Å²) in [6.07, 6.45) is 6.59. The van der Waals surface area contributed by atoms with Crippen molar-refractivity contribution in [3.8, 4) is 0 Å². The SMILES string of the molecule is CCNC(CCc1cnn(C)c1)Cc1ccccc1F. The second-order valence-electron chi connectivity index (χ2n) is 5.11. The number of nitrogens with zero attached hydrogens (tertiary/aromatic N) is 2. The van der Waals surface area contributed by atoms with Crippen LogP contribution in [0.3, 0.4) is 0 Å². The molecule has 0 bridgehead atoms. The number of nitrogens with one attached hydrogen (secondary N) is 1. The van der Waals surface area contributed by atoms with Crippen LogP contribution >= 0.6 is 0 Å². The Bertz CT molecular complexity index is 536. The number of aryl methyl sites for hydroxylation is 2. The van der Waals surface area contributed by atoms with Gasteiger partial charge in [0, 0.05) is 19.3 Å². The van der Waals surface area contributed by atoms with Crippen molar-refractivity contribution >= 4 is 0 Å². The van der Waals surface area contributed by atoms with Crippen molar-refractivity contribution in [2.75, 3.05) is 6.54 Å². The van der Waals surface area contributed by atoms with Crippen LogP contribution in [0.4, 0.5) is 4.39 Å². The quantitative estimate of drug-likeness (QED) is 0.842. The molecule has 0 aliphatic rings. The van der Waals surface area contributed by atoms with E-state index in [1.807, 2.05) is 36.3 Å². The summed E-state index contributed by atoms with van der Waals surface area (Å²) in [5.74, 6) is -0.114. The highest BCUT2D eigenvalue weighted by atomic mass is 19.1. The second-order valence-corrected chi connectivity index (χ2v) is 5.11. The first-order valence-electron chi connectivity index (χ1n) is 7.13. The van der Waals surface area contributed by atoms with Gasteiger partial charge in [0.1, 0.15) is 5.82 Å². The summed E-state index contributed by atoms with van der Waals surface area (Å²) in [4.78, 5) is 0. The van der Waals surface area contributed by atoms with E-state index in [-0.39, 0.29) is 11.9 Å². The van der Waals surface area contributed by atoms with Crippen LogP contribution in [0.25, 0.3) is 0 Å². The molecule has 1 aromatic carbocycles. The predicted molar refractivity (Wildman–Crippen MR) is 79.1 cm³/mol. The van der Waals surface area contributed by atoms with Gasteiger partial charge >= 0.3 is 0 Å². The van der Waals surface area contributed by atoms with Crippen molar-refractivity contribution in [3.63, 3.8) is 0 Å². The number of hydrogen-bond acceptors (Lipinski definition) is 2. The van der Waals surface area contributed by atoms with Crippen molar-refractivity contribution in [3.05, 3.63) is 53.6 Å². The first-order valence-corrected chi connectivity index (χ1v) is 7.13. The Morgan fingerprint density at radius 2 is 2.15 bits per heavy atom. The summed E-state index contributed by atoms with van der Waals surface area (Å²) in [5.41, 5.74) is 2.01. The standard InChI is InChI=1S/C16H22FN3/c1-3-18-15(9-8-13-11-19-20(2)12-13)10-14-6-4-5-7-16(14)17/h4-7,11-12,15,18H,3,8-10H2,1-2H3. The van der Waals surface area contributed by atoms with Gasteiger partial charge in [0.05, 0.1) is 6.20 Å². The van der Waals surface area contributed by atoms with E-state index in [0.29, 0.717) is 0 Å². The number of rotatable bonds is 7. The highest BCUT2D eigenvalue weighted by molar-refractivity contribution is 5.18. The molecule has 0 radical (unpaired) electrons. The van der Waals surface area contributed by atoms with Crippen LogP contribution in [0.15, 0.2) is 36.7 Å². The Kier molecular flexibility index (Phi) is 5.30. The molecule has 1 unspecified atom stereocenters. The van der Waals surface area contributed by atoms with Crippen molar-refractivity contribution in [1.82, 2.24) is 15.1 Å². The molecule has 0 spiro atoms. The largest absolute Gasteiger partial charge is 0.314 e. The van der Waals surface area contributed by atoms with Gasteiger partial charge in [-0.05, 0) is 43.0 Å². The highest BCUT2D eigenvalue weighted by Gasteiger charge is 2.11. The van der Waals surface area contributed by atoms with Crippen molar-refractivity contribution in [2.45, 2.75) is 32.2 Å². The van der Waals surface area contributed by atoms with Crippen molar-refractivity contribution in [1.29, 1.82) is 0 Å². The zero-order chi connectivity index (χ0) is 14.4. The molecule has 3 nitrogen and oxygen atoms in total. The Labute approximate surface area is 119 Å². The fourth-order valence-corrected chi connectivity index (χ4v) is 2.44. The molecule has 0 aliphatic heterocycles. The Morgan fingerprint density at radius 3 is 2.80 bits per heavy atom. The minimum atomic E-state index is -0.114. The Morgan fingerprint density at radius 1 is 1.35 bits per heavy atom. The molecule has 0 saturated carbocycles. The van der Waals surface area contributed by atoms with Gasteiger partial charge in [0.25, 0.3) is 0 Å². The molecule has 20 heavy (non-hydrogen) atoms. The van der Waals surface area contributed by atoms with E-state index in [2.05, 4.69) is 17.3 Å². The minimum Gasteiger partial charge on any atom is -0.314 e. The maximum atomic E-state index is 13.7. The monoisotopic (exact) mass is 275 g/mol. The van der Waals surface area contributed by atoms with E-state index in [1.54, 1.807) is 6.07 Å². The number of likely N-dealkylation sites (N-methyl/N-ethyl adjacent to an activating group) is 1. The maximum Gasteiger partial charge on any atom is 0.126 e. The third kappa shape index (κ3) is 4.17. The van der Waals surface area contributed by atoms with E-state index in [9.17, 15) is 4.39 Å². The molecule has 1 atom stereocenters. The summed E-state index contributed by atoms with van der Waals surface area (Å²) in [7, 11) is 1.92. The first-order chi connectivity index (χ1) is 9.69. The number of benzene rings is 1. The predicted octanol–water partition coefficient (Wildman–Crippen LogP) is 2.71. The van der Waals surface area contributed by atoms with Crippen LogP contribution in [0.5, 0.6) is 0 Å². The van der Waals surface area contributed by atoms with Crippen LogP contribution in [0.2, 0.25) is 0 Å². The molecule has 4 heteroatoms. The van der Waals surface area contributed by atoms with Gasteiger partial charge in [-0.25, -0.2) is 4.39 Å². The van der Waals surface area contributed by atoms with E-state index in [4.69, 9.17) is 0 Å². The second kappa shape index (κ2) is 7.20. The van der Waals surface area contributed by atoms with Gasteiger partial charge in [-0.15, -0.1) is 0 Å². The molecule has 2 rings (SSSR count). The van der Waals surface area contributed by atoms with E-state index in [0.717, 1.165) is 31.4 Å². The summed E-state index contributed by atoms with van der Waals surface area (Å²) < 4.78 is 15.5. The Hall–Kier alpha value is -1.68. The van der Waals surface area contributed by atoms with Gasteiger partial charge < -0.3 is 5.32 Å². The summed E-state index contributed by atoms with van der Waals surface area (Å²) in [5, 5.41) is 7.62. The van der Waals surface area contributed by atoms with Gasteiger partial charge in [0.2, 0.25) is 0 Å². The summed E-state index contributed by atoms with van der Waals surface area (Å²) in [6, 6.07) is 7.31. The fourth-order valence-electron chi connectivity index (χ4n) is 2.44. The van der Waals surface area contributed by atoms with Crippen LogP contribution in [0, 0.1) is 5.82 Å². The molecule has 0 saturated heterocycles. The normalized spacial score (nSPS) is 12.6. The number of hydrogen-bond donors (Lipinski definition) is 1. The molecule has 1 heterocycles. The third-order valence-corrected chi connectivity index (χ3v) is 3.46. The van der Waals surface area contributed by atoms with Crippen LogP contribution in [-0.4, -0.2) is 22.4 Å². The number of halogens is 1. The third-order valence-electron chi connectivity index (χ3n) is 3.46. The molecule has 0 amide bonds. The number of aromatic nitrogens is 2. The molecule has 0 aliphatic carbocycles. The van der Waals surface area contributed by atoms with Gasteiger partial charge in [-0.2, -0.15) is 5.10 Å². The van der Waals surface area contributed by atoms with Crippen LogP contribution < -0.4 is 5.32 Å². The molecule has 2 aromatic rings. The van der Waals surface area contributed by atoms with E-state index < -0.39 is 0 Å². The van der Waals surface area contributed by atoms with Gasteiger partial charge in [-0.1, -0.05) is 25.1 Å². The maximum absolute atomic E-state index is 13.7. The van der Waals surface area contributed by atoms with Crippen LogP contribution in [0.1, 0.15) is 24.5 Å². The average Bonchev–Trinajstić information content (AvgIpc) is 2.85.